The van der Waals surface area contributed by atoms with E-state index < -0.39 is 0 Å². The van der Waals surface area contributed by atoms with Crippen LogP contribution in [0.5, 0.6) is 0 Å². The second-order valence-corrected chi connectivity index (χ2v) is 9.76. The van der Waals surface area contributed by atoms with Gasteiger partial charge in [0.25, 0.3) is 5.91 Å². The molecule has 168 valence electrons. The van der Waals surface area contributed by atoms with E-state index in [0.717, 1.165) is 57.4 Å². The molecule has 0 unspecified atom stereocenters. The third kappa shape index (κ3) is 6.05. The molecule has 1 N–H and O–H groups in total. The fourth-order valence-corrected chi connectivity index (χ4v) is 5.18. The number of hydrogen-bond donors (Lipinski definition) is 1. The average molecular weight is 442 g/mol. The molecule has 0 spiro atoms. The number of anilines is 1. The van der Waals surface area contributed by atoms with E-state index >= 15 is 0 Å². The molecule has 2 aliphatic rings. The summed E-state index contributed by atoms with van der Waals surface area (Å²) in [4.78, 5) is 24.4. The Morgan fingerprint density at radius 1 is 1.00 bits per heavy atom. The van der Waals surface area contributed by atoms with Crippen LogP contribution in [0.25, 0.3) is 0 Å². The minimum Gasteiger partial charge on any atom is -0.369 e. The highest BCUT2D eigenvalue weighted by atomic mass is 32.1. The van der Waals surface area contributed by atoms with Crippen molar-refractivity contribution < 1.29 is 4.79 Å². The Labute approximate surface area is 190 Å². The number of nitrogens with zero attached hydrogens (tertiary/aromatic N) is 4. The molecule has 1 amide bonds. The molecule has 4 rings (SSSR count). The fourth-order valence-electron chi connectivity index (χ4n) is 4.37. The first kappa shape index (κ1) is 22.2. The second kappa shape index (κ2) is 10.6. The summed E-state index contributed by atoms with van der Waals surface area (Å²) in [7, 11) is 0. The molecule has 6 nitrogen and oxygen atoms in total. The van der Waals surface area contributed by atoms with Gasteiger partial charge in [0.05, 0.1) is 6.54 Å². The molecule has 0 saturated carbocycles. The molecule has 2 fully saturated rings. The van der Waals surface area contributed by atoms with Gasteiger partial charge in [0.15, 0.2) is 0 Å². The highest BCUT2D eigenvalue weighted by molar-refractivity contribution is 7.09. The van der Waals surface area contributed by atoms with Crippen LogP contribution >= 0.6 is 11.3 Å². The normalized spacial score (nSPS) is 18.3. The number of benzene rings is 1. The first-order valence-corrected chi connectivity index (χ1v) is 12.5. The zero-order valence-electron chi connectivity index (χ0n) is 18.9. The van der Waals surface area contributed by atoms with Crippen LogP contribution < -0.4 is 10.2 Å². The van der Waals surface area contributed by atoms with Crippen LogP contribution in [0.4, 0.5) is 5.69 Å². The number of aromatic nitrogens is 1. The maximum absolute atomic E-state index is 12.4. The van der Waals surface area contributed by atoms with E-state index in [4.69, 9.17) is 0 Å². The molecule has 0 atom stereocenters. The van der Waals surface area contributed by atoms with E-state index in [0.29, 0.717) is 12.2 Å². The van der Waals surface area contributed by atoms with Crippen molar-refractivity contribution in [1.29, 1.82) is 0 Å². The monoisotopic (exact) mass is 441 g/mol. The molecule has 1 aromatic carbocycles. The fraction of sp³-hybridized carbons (Fsp3) is 0.583. The van der Waals surface area contributed by atoms with Crippen LogP contribution in [0, 0.1) is 13.8 Å². The number of piperazine rings is 1. The molecular weight excluding hydrogens is 406 g/mol. The third-order valence-corrected chi connectivity index (χ3v) is 7.37. The Morgan fingerprint density at radius 3 is 2.52 bits per heavy atom. The van der Waals surface area contributed by atoms with Gasteiger partial charge < -0.3 is 15.1 Å². The first-order valence-electron chi connectivity index (χ1n) is 11.6. The van der Waals surface area contributed by atoms with Gasteiger partial charge in [-0.25, -0.2) is 4.98 Å². The second-order valence-electron chi connectivity index (χ2n) is 8.82. The summed E-state index contributed by atoms with van der Waals surface area (Å²) in [6.07, 6.45) is 3.90. The Hall–Kier alpha value is -1.96. The summed E-state index contributed by atoms with van der Waals surface area (Å²) < 4.78 is 0. The topological polar surface area (TPSA) is 51.7 Å². The van der Waals surface area contributed by atoms with Crippen molar-refractivity contribution in [3.8, 4) is 0 Å². The highest BCUT2D eigenvalue weighted by Crippen LogP contribution is 2.21. The van der Waals surface area contributed by atoms with Crippen molar-refractivity contribution in [1.82, 2.24) is 20.1 Å². The molecular formula is C24H35N5OS. The maximum atomic E-state index is 12.4. The number of aryl methyl sites for hydroxylation is 2. The van der Waals surface area contributed by atoms with Crippen molar-refractivity contribution in [2.24, 2.45) is 0 Å². The minimum absolute atomic E-state index is 0.0425. The molecule has 2 aliphatic heterocycles. The number of likely N-dealkylation sites (tertiary alicyclic amines) is 1. The lowest BCUT2D eigenvalue weighted by Crippen LogP contribution is -2.46. The molecule has 31 heavy (non-hydrogen) atoms. The zero-order valence-corrected chi connectivity index (χ0v) is 19.7. The lowest BCUT2D eigenvalue weighted by atomic mass is 10.1. The van der Waals surface area contributed by atoms with Gasteiger partial charge in [-0.1, -0.05) is 12.5 Å². The van der Waals surface area contributed by atoms with Crippen LogP contribution in [-0.2, 0) is 6.54 Å². The number of nitrogens with one attached hydrogen (secondary N) is 1. The SMILES string of the molecule is Cc1ccc(N2CCN(Cc3nc(C(=O)NCCN4CCCCC4)cs3)CC2)cc1C. The summed E-state index contributed by atoms with van der Waals surface area (Å²) in [6.45, 7) is 13.2. The molecule has 7 heteroatoms. The average Bonchev–Trinajstić information content (AvgIpc) is 3.25. The molecule has 0 aliphatic carbocycles. The van der Waals surface area contributed by atoms with Gasteiger partial charge in [-0.05, 0) is 63.0 Å². The quantitative estimate of drug-likeness (QED) is 0.715. The number of hydrogen-bond acceptors (Lipinski definition) is 6. The van der Waals surface area contributed by atoms with Crippen LogP contribution in [0.1, 0.15) is 45.9 Å². The van der Waals surface area contributed by atoms with Crippen LogP contribution in [0.15, 0.2) is 23.6 Å². The van der Waals surface area contributed by atoms with Gasteiger partial charge in [-0.15, -0.1) is 11.3 Å². The molecule has 0 radical (unpaired) electrons. The number of thiazole rings is 1. The Balaban J connectivity index is 1.21. The third-order valence-electron chi connectivity index (χ3n) is 6.53. The number of rotatable bonds is 7. The van der Waals surface area contributed by atoms with E-state index in [9.17, 15) is 4.79 Å². The summed E-state index contributed by atoms with van der Waals surface area (Å²) in [5, 5.41) is 5.97. The molecule has 2 saturated heterocycles. The molecule has 2 aromatic rings. The summed E-state index contributed by atoms with van der Waals surface area (Å²) in [5.74, 6) is -0.0425. The first-order chi connectivity index (χ1) is 15.1. The van der Waals surface area contributed by atoms with Gasteiger partial charge in [-0.2, -0.15) is 0 Å². The highest BCUT2D eigenvalue weighted by Gasteiger charge is 2.20. The lowest BCUT2D eigenvalue weighted by Gasteiger charge is -2.36. The standard InChI is InChI=1S/C24H35N5OS/c1-19-6-7-21(16-20(19)2)29-14-12-28(13-15-29)17-23-26-22(18-31-23)24(30)25-8-11-27-9-4-3-5-10-27/h6-7,16,18H,3-5,8-15,17H2,1-2H3,(H,25,30). The van der Waals surface area contributed by atoms with Crippen molar-refractivity contribution >= 4 is 22.9 Å². The van der Waals surface area contributed by atoms with Crippen molar-refractivity contribution in [2.75, 3.05) is 57.3 Å². The largest absolute Gasteiger partial charge is 0.369 e. The Morgan fingerprint density at radius 2 is 1.77 bits per heavy atom. The summed E-state index contributed by atoms with van der Waals surface area (Å²) >= 11 is 1.60. The van der Waals surface area contributed by atoms with E-state index in [2.05, 4.69) is 57.0 Å². The predicted octanol–water partition coefficient (Wildman–Crippen LogP) is 3.30. The number of amides is 1. The van der Waals surface area contributed by atoms with Crippen molar-refractivity contribution in [2.45, 2.75) is 39.7 Å². The van der Waals surface area contributed by atoms with Crippen LogP contribution in [0.2, 0.25) is 0 Å². The van der Waals surface area contributed by atoms with Gasteiger partial charge in [-0.3, -0.25) is 9.69 Å². The van der Waals surface area contributed by atoms with Crippen molar-refractivity contribution in [3.05, 3.63) is 45.4 Å². The zero-order chi connectivity index (χ0) is 21.6. The number of carbonyl (C=O) groups is 1. The minimum atomic E-state index is -0.0425. The van der Waals surface area contributed by atoms with Gasteiger partial charge in [0.2, 0.25) is 0 Å². The Kier molecular flexibility index (Phi) is 7.58. The van der Waals surface area contributed by atoms with Crippen LogP contribution in [-0.4, -0.2) is 73.0 Å². The number of carbonyl (C=O) groups excluding carboxylic acids is 1. The molecule has 1 aromatic heterocycles. The van der Waals surface area contributed by atoms with Crippen LogP contribution in [0.3, 0.4) is 0 Å². The smallest absolute Gasteiger partial charge is 0.270 e. The van der Waals surface area contributed by atoms with E-state index in [1.54, 1.807) is 11.3 Å². The van der Waals surface area contributed by atoms with Gasteiger partial charge >= 0.3 is 0 Å². The maximum Gasteiger partial charge on any atom is 0.270 e. The van der Waals surface area contributed by atoms with E-state index in [1.165, 1.54) is 36.1 Å². The lowest BCUT2D eigenvalue weighted by molar-refractivity contribution is 0.0942. The summed E-state index contributed by atoms with van der Waals surface area (Å²) in [6, 6.07) is 6.74. The van der Waals surface area contributed by atoms with Gasteiger partial charge in [0.1, 0.15) is 10.7 Å². The predicted molar refractivity (Wildman–Crippen MR) is 128 cm³/mol. The van der Waals surface area contributed by atoms with E-state index in [1.807, 2.05) is 5.38 Å². The molecule has 0 bridgehead atoms. The van der Waals surface area contributed by atoms with E-state index in [-0.39, 0.29) is 5.91 Å². The summed E-state index contributed by atoms with van der Waals surface area (Å²) in [5.41, 5.74) is 4.58. The number of piperidine rings is 1. The molecule has 3 heterocycles. The van der Waals surface area contributed by atoms with Crippen molar-refractivity contribution in [3.63, 3.8) is 0 Å². The van der Waals surface area contributed by atoms with Gasteiger partial charge in [0, 0.05) is 50.3 Å². The Bertz CT molecular complexity index is 869.